The van der Waals surface area contributed by atoms with E-state index in [0.29, 0.717) is 48.4 Å². The summed E-state index contributed by atoms with van der Waals surface area (Å²) in [7, 11) is 0. The van der Waals surface area contributed by atoms with Crippen LogP contribution in [0.4, 0.5) is 0 Å². The van der Waals surface area contributed by atoms with Crippen molar-refractivity contribution in [2.45, 2.75) is 38.6 Å². The number of aromatic nitrogens is 1. The molecule has 144 valence electrons. The highest BCUT2D eigenvalue weighted by atomic mass is 32.2. The van der Waals surface area contributed by atoms with E-state index in [1.165, 1.54) is 22.4 Å². The lowest BCUT2D eigenvalue weighted by atomic mass is 9.92. The molecular formula is C21H20N2O4S. The molecule has 1 aromatic carbocycles. The van der Waals surface area contributed by atoms with E-state index in [2.05, 4.69) is 5.32 Å². The van der Waals surface area contributed by atoms with E-state index in [-0.39, 0.29) is 16.5 Å². The van der Waals surface area contributed by atoms with Gasteiger partial charge in [-0.1, -0.05) is 29.5 Å². The average molecular weight is 396 g/mol. The Kier molecular flexibility index (Phi) is 4.93. The molecule has 0 saturated carbocycles. The van der Waals surface area contributed by atoms with Crippen LogP contribution in [0.3, 0.4) is 0 Å². The number of hydrogen-bond donors (Lipinski definition) is 1. The Morgan fingerprint density at radius 3 is 2.57 bits per heavy atom. The number of hydrogen-bond acceptors (Lipinski definition) is 5. The van der Waals surface area contributed by atoms with Gasteiger partial charge in [-0.3, -0.25) is 23.7 Å². The van der Waals surface area contributed by atoms with E-state index in [9.17, 15) is 19.2 Å². The highest BCUT2D eigenvalue weighted by Gasteiger charge is 2.30. The predicted molar refractivity (Wildman–Crippen MR) is 107 cm³/mol. The monoisotopic (exact) mass is 396 g/mol. The molecule has 2 aromatic rings. The third-order valence-electron chi connectivity index (χ3n) is 5.20. The topological polar surface area (TPSA) is 85.2 Å². The van der Waals surface area contributed by atoms with E-state index in [1.807, 2.05) is 31.2 Å². The zero-order valence-corrected chi connectivity index (χ0v) is 16.3. The van der Waals surface area contributed by atoms with Gasteiger partial charge in [-0.2, -0.15) is 0 Å². The van der Waals surface area contributed by atoms with Gasteiger partial charge < -0.3 is 5.32 Å². The molecule has 0 spiro atoms. The minimum atomic E-state index is -0.604. The number of nitrogens with one attached hydrogen (secondary N) is 1. The first-order valence-electron chi connectivity index (χ1n) is 9.32. The number of aryl methyl sites for hydroxylation is 1. The summed E-state index contributed by atoms with van der Waals surface area (Å²) in [5.74, 6) is -0.0170. The van der Waals surface area contributed by atoms with E-state index in [1.54, 1.807) is 0 Å². The van der Waals surface area contributed by atoms with Crippen LogP contribution in [0.25, 0.3) is 5.69 Å². The van der Waals surface area contributed by atoms with Crippen molar-refractivity contribution in [2.24, 2.45) is 0 Å². The molecule has 0 unspecified atom stereocenters. The number of ketones is 1. The van der Waals surface area contributed by atoms with Gasteiger partial charge in [-0.15, -0.1) is 0 Å². The molecule has 2 aliphatic rings. The summed E-state index contributed by atoms with van der Waals surface area (Å²) in [5, 5.41) is 2.57. The first-order chi connectivity index (χ1) is 13.5. The Balaban J connectivity index is 1.84. The molecule has 1 amide bonds. The summed E-state index contributed by atoms with van der Waals surface area (Å²) in [4.78, 5) is 50.4. The number of amides is 1. The van der Waals surface area contributed by atoms with Gasteiger partial charge in [0.25, 0.3) is 11.5 Å². The molecule has 1 aliphatic heterocycles. The zero-order chi connectivity index (χ0) is 19.8. The molecule has 2 heterocycles. The first kappa shape index (κ1) is 18.7. The normalized spacial score (nSPS) is 18.8. The minimum Gasteiger partial charge on any atom is -0.341 e. The number of pyridine rings is 1. The number of Topliss-reactive ketones (excluding diaryl/α,β-unsaturated/α-hetero) is 1. The molecule has 1 N–H and O–H groups in total. The van der Waals surface area contributed by atoms with Gasteiger partial charge in [0.15, 0.2) is 5.78 Å². The SMILES string of the molecule is Cc1ccc(-n2c3c(cc(C(=O)N[C@@H]4CCSC4=O)c2=O)C(=O)CCC3)cc1. The molecule has 0 radical (unpaired) electrons. The number of carbonyl (C=O) groups excluding carboxylic acids is 3. The fourth-order valence-corrected chi connectivity index (χ4v) is 4.62. The Labute approximate surface area is 166 Å². The Morgan fingerprint density at radius 1 is 1.14 bits per heavy atom. The number of carbonyl (C=O) groups is 3. The number of benzene rings is 1. The predicted octanol–water partition coefficient (Wildman–Crippen LogP) is 2.43. The van der Waals surface area contributed by atoms with Crippen molar-refractivity contribution >= 4 is 28.6 Å². The summed E-state index contributed by atoms with van der Waals surface area (Å²) in [6, 6.07) is 8.23. The van der Waals surface area contributed by atoms with Crippen LogP contribution in [0, 0.1) is 6.92 Å². The molecule has 1 aromatic heterocycles. The van der Waals surface area contributed by atoms with Crippen LogP contribution < -0.4 is 10.9 Å². The minimum absolute atomic E-state index is 0.0661. The fraction of sp³-hybridized carbons (Fsp3) is 0.333. The molecular weight excluding hydrogens is 376 g/mol. The Hall–Kier alpha value is -2.67. The first-order valence-corrected chi connectivity index (χ1v) is 10.3. The lowest BCUT2D eigenvalue weighted by Crippen LogP contribution is -2.41. The van der Waals surface area contributed by atoms with Crippen molar-refractivity contribution in [3.63, 3.8) is 0 Å². The average Bonchev–Trinajstić information content (AvgIpc) is 3.07. The van der Waals surface area contributed by atoms with Crippen LogP contribution in [0.1, 0.15) is 51.2 Å². The second-order valence-corrected chi connectivity index (χ2v) is 8.25. The molecule has 1 aliphatic carbocycles. The second-order valence-electron chi connectivity index (χ2n) is 7.15. The maximum absolute atomic E-state index is 13.2. The molecule has 1 atom stereocenters. The van der Waals surface area contributed by atoms with Crippen molar-refractivity contribution in [1.82, 2.24) is 9.88 Å². The van der Waals surface area contributed by atoms with Crippen molar-refractivity contribution in [3.8, 4) is 5.69 Å². The zero-order valence-electron chi connectivity index (χ0n) is 15.5. The number of fused-ring (bicyclic) bond motifs is 1. The summed E-state index contributed by atoms with van der Waals surface area (Å²) in [5.41, 5.74) is 2.18. The summed E-state index contributed by atoms with van der Waals surface area (Å²) >= 11 is 1.18. The summed E-state index contributed by atoms with van der Waals surface area (Å²) in [6.45, 7) is 1.95. The van der Waals surface area contributed by atoms with Gasteiger partial charge in [-0.25, -0.2) is 0 Å². The number of rotatable bonds is 3. The van der Waals surface area contributed by atoms with E-state index in [4.69, 9.17) is 0 Å². The Bertz CT molecular complexity index is 1040. The maximum Gasteiger partial charge on any atom is 0.268 e. The highest BCUT2D eigenvalue weighted by Crippen LogP contribution is 2.24. The number of nitrogens with zero attached hydrogens (tertiary/aromatic N) is 1. The molecule has 0 bridgehead atoms. The van der Waals surface area contributed by atoms with E-state index < -0.39 is 17.5 Å². The lowest BCUT2D eigenvalue weighted by molar-refractivity contribution is -0.112. The standard InChI is InChI=1S/C21H20N2O4S/c1-12-5-7-13(8-6-12)23-17-3-2-4-18(24)14(17)11-15(20(23)26)19(25)22-16-9-10-28-21(16)27/h5-8,11,16H,2-4,9-10H2,1H3,(H,22,25)/t16-/m1/s1. The van der Waals surface area contributed by atoms with Gasteiger partial charge in [0, 0.05) is 29.1 Å². The van der Waals surface area contributed by atoms with Crippen molar-refractivity contribution < 1.29 is 14.4 Å². The van der Waals surface area contributed by atoms with Gasteiger partial charge in [0.1, 0.15) is 5.56 Å². The fourth-order valence-electron chi connectivity index (χ4n) is 3.68. The molecule has 4 rings (SSSR count). The molecule has 1 fully saturated rings. The van der Waals surface area contributed by atoms with Crippen LogP contribution >= 0.6 is 11.8 Å². The smallest absolute Gasteiger partial charge is 0.268 e. The van der Waals surface area contributed by atoms with Crippen LogP contribution in [-0.2, 0) is 11.2 Å². The third kappa shape index (κ3) is 3.30. The van der Waals surface area contributed by atoms with Gasteiger partial charge in [0.05, 0.1) is 6.04 Å². The Morgan fingerprint density at radius 2 is 1.89 bits per heavy atom. The van der Waals surface area contributed by atoms with Crippen molar-refractivity contribution in [1.29, 1.82) is 0 Å². The van der Waals surface area contributed by atoms with Crippen LogP contribution in [-0.4, -0.2) is 33.2 Å². The van der Waals surface area contributed by atoms with Gasteiger partial charge in [0.2, 0.25) is 5.12 Å². The van der Waals surface area contributed by atoms with Gasteiger partial charge in [-0.05, 0) is 44.4 Å². The largest absolute Gasteiger partial charge is 0.341 e. The van der Waals surface area contributed by atoms with Crippen LogP contribution in [0.5, 0.6) is 0 Å². The maximum atomic E-state index is 13.2. The molecule has 7 heteroatoms. The summed E-state index contributed by atoms with van der Waals surface area (Å²) in [6.07, 6.45) is 2.23. The van der Waals surface area contributed by atoms with Gasteiger partial charge >= 0.3 is 0 Å². The quantitative estimate of drug-likeness (QED) is 0.861. The van der Waals surface area contributed by atoms with E-state index in [0.717, 1.165) is 5.56 Å². The van der Waals surface area contributed by atoms with Crippen LogP contribution in [0.15, 0.2) is 35.1 Å². The molecule has 6 nitrogen and oxygen atoms in total. The second kappa shape index (κ2) is 7.39. The van der Waals surface area contributed by atoms with E-state index >= 15 is 0 Å². The summed E-state index contributed by atoms with van der Waals surface area (Å²) < 4.78 is 1.48. The molecule has 1 saturated heterocycles. The lowest BCUT2D eigenvalue weighted by Gasteiger charge is -2.22. The van der Waals surface area contributed by atoms with Crippen molar-refractivity contribution in [3.05, 3.63) is 63.1 Å². The number of thioether (sulfide) groups is 1. The highest BCUT2D eigenvalue weighted by molar-refractivity contribution is 8.14. The third-order valence-corrected chi connectivity index (χ3v) is 6.21. The van der Waals surface area contributed by atoms with Crippen LogP contribution in [0.2, 0.25) is 0 Å². The van der Waals surface area contributed by atoms with Crippen molar-refractivity contribution in [2.75, 3.05) is 5.75 Å². The molecule has 28 heavy (non-hydrogen) atoms.